The van der Waals surface area contributed by atoms with E-state index in [0.717, 1.165) is 26.1 Å². The third kappa shape index (κ3) is 2.24. The number of nitro benzene ring substituents is 1. The summed E-state index contributed by atoms with van der Waals surface area (Å²) in [7, 11) is 0. The maximum atomic E-state index is 11.3. The maximum Gasteiger partial charge on any atom is 0.293 e. The van der Waals surface area contributed by atoms with Gasteiger partial charge in [0.1, 0.15) is 5.69 Å². The minimum absolute atomic E-state index is 0.0421. The van der Waals surface area contributed by atoms with Crippen LogP contribution in [0.5, 0.6) is 0 Å². The Balaban J connectivity index is 2.00. The lowest BCUT2D eigenvalue weighted by atomic mass is 9.93. The van der Waals surface area contributed by atoms with Crippen LogP contribution < -0.4 is 10.2 Å². The fourth-order valence-corrected chi connectivity index (χ4v) is 3.80. The number of nitrogens with zero attached hydrogens (tertiary/aromatic N) is 3. The van der Waals surface area contributed by atoms with E-state index in [1.165, 1.54) is 6.07 Å². The SMILES string of the molecule is CCC1C2CNCC2CN1c1ccc(C#N)cc1[N+](=O)[O-]. The first kappa shape index (κ1) is 13.8. The van der Waals surface area contributed by atoms with Crippen LogP contribution in [-0.2, 0) is 0 Å². The van der Waals surface area contributed by atoms with Crippen LogP contribution in [0.2, 0.25) is 0 Å². The lowest BCUT2D eigenvalue weighted by Gasteiger charge is -2.28. The molecule has 2 heterocycles. The summed E-state index contributed by atoms with van der Waals surface area (Å²) in [6, 6.07) is 7.08. The zero-order valence-electron chi connectivity index (χ0n) is 12.0. The molecule has 3 unspecified atom stereocenters. The van der Waals surface area contributed by atoms with E-state index < -0.39 is 0 Å². The van der Waals surface area contributed by atoms with Gasteiger partial charge in [-0.05, 0) is 30.4 Å². The molecule has 2 fully saturated rings. The Hall–Kier alpha value is -2.13. The van der Waals surface area contributed by atoms with Gasteiger partial charge in [-0.1, -0.05) is 6.92 Å². The molecule has 0 aromatic heterocycles. The fraction of sp³-hybridized carbons (Fsp3) is 0.533. The Morgan fingerprint density at radius 1 is 1.52 bits per heavy atom. The maximum absolute atomic E-state index is 11.3. The number of rotatable bonds is 3. The van der Waals surface area contributed by atoms with Crippen molar-refractivity contribution in [3.63, 3.8) is 0 Å². The highest BCUT2D eigenvalue weighted by Gasteiger charge is 2.44. The van der Waals surface area contributed by atoms with Crippen LogP contribution in [0.4, 0.5) is 11.4 Å². The van der Waals surface area contributed by atoms with Gasteiger partial charge < -0.3 is 10.2 Å². The average Bonchev–Trinajstić information content (AvgIpc) is 3.06. The molecule has 0 amide bonds. The Kier molecular flexibility index (Phi) is 3.52. The Morgan fingerprint density at radius 3 is 3.00 bits per heavy atom. The molecular formula is C15H18N4O2. The molecule has 2 saturated heterocycles. The molecule has 6 nitrogen and oxygen atoms in total. The van der Waals surface area contributed by atoms with Crippen LogP contribution in [0, 0.1) is 33.3 Å². The number of hydrogen-bond donors (Lipinski definition) is 1. The molecule has 1 N–H and O–H groups in total. The largest absolute Gasteiger partial charge is 0.362 e. The van der Waals surface area contributed by atoms with Crippen LogP contribution in [0.25, 0.3) is 0 Å². The Morgan fingerprint density at radius 2 is 2.33 bits per heavy atom. The molecule has 3 atom stereocenters. The van der Waals surface area contributed by atoms with Crippen LogP contribution in [0.15, 0.2) is 18.2 Å². The first-order valence-corrected chi connectivity index (χ1v) is 7.31. The van der Waals surface area contributed by atoms with Crippen LogP contribution >= 0.6 is 0 Å². The van der Waals surface area contributed by atoms with Crippen LogP contribution in [0.3, 0.4) is 0 Å². The van der Waals surface area contributed by atoms with Gasteiger partial charge in [-0.15, -0.1) is 0 Å². The first-order valence-electron chi connectivity index (χ1n) is 7.31. The van der Waals surface area contributed by atoms with Crippen molar-refractivity contribution in [3.8, 4) is 6.07 Å². The van der Waals surface area contributed by atoms with E-state index in [-0.39, 0.29) is 10.6 Å². The van der Waals surface area contributed by atoms with E-state index in [1.54, 1.807) is 12.1 Å². The lowest BCUT2D eigenvalue weighted by molar-refractivity contribution is -0.384. The predicted molar refractivity (Wildman–Crippen MR) is 79.1 cm³/mol. The van der Waals surface area contributed by atoms with Gasteiger partial charge in [0.05, 0.1) is 16.6 Å². The summed E-state index contributed by atoms with van der Waals surface area (Å²) in [6.07, 6.45) is 0.972. The summed E-state index contributed by atoms with van der Waals surface area (Å²) in [5.74, 6) is 1.12. The quantitative estimate of drug-likeness (QED) is 0.678. The number of nitriles is 1. The highest BCUT2D eigenvalue weighted by atomic mass is 16.6. The smallest absolute Gasteiger partial charge is 0.293 e. The van der Waals surface area contributed by atoms with E-state index in [0.29, 0.717) is 29.1 Å². The van der Waals surface area contributed by atoms with E-state index in [9.17, 15) is 10.1 Å². The molecule has 0 aliphatic carbocycles. The van der Waals surface area contributed by atoms with E-state index >= 15 is 0 Å². The Labute approximate surface area is 123 Å². The van der Waals surface area contributed by atoms with Crippen molar-refractivity contribution in [3.05, 3.63) is 33.9 Å². The van der Waals surface area contributed by atoms with Gasteiger partial charge in [0, 0.05) is 31.7 Å². The summed E-state index contributed by atoms with van der Waals surface area (Å²) >= 11 is 0. The van der Waals surface area contributed by atoms with Gasteiger partial charge in [0.25, 0.3) is 5.69 Å². The standard InChI is InChI=1S/C15H18N4O2/c1-2-13-12-8-17-7-11(12)9-18(13)14-4-3-10(6-16)5-15(14)19(20)21/h3-5,11-13,17H,2,7-9H2,1H3. The minimum atomic E-state index is -0.380. The van der Waals surface area contributed by atoms with E-state index in [1.807, 2.05) is 6.07 Å². The minimum Gasteiger partial charge on any atom is -0.362 e. The van der Waals surface area contributed by atoms with E-state index in [2.05, 4.69) is 17.1 Å². The second kappa shape index (κ2) is 5.34. The van der Waals surface area contributed by atoms with Gasteiger partial charge in [-0.25, -0.2) is 0 Å². The number of fused-ring (bicyclic) bond motifs is 1. The van der Waals surface area contributed by atoms with Gasteiger partial charge >= 0.3 is 0 Å². The molecule has 2 aliphatic heterocycles. The normalized spacial score (nSPS) is 27.4. The van der Waals surface area contributed by atoms with Crippen molar-refractivity contribution in [2.45, 2.75) is 19.4 Å². The van der Waals surface area contributed by atoms with Crippen molar-refractivity contribution >= 4 is 11.4 Å². The van der Waals surface area contributed by atoms with Crippen LogP contribution in [-0.4, -0.2) is 30.6 Å². The summed E-state index contributed by atoms with van der Waals surface area (Å²) in [5, 5.41) is 23.7. The summed E-state index contributed by atoms with van der Waals surface area (Å²) in [5.41, 5.74) is 1.03. The number of anilines is 1. The zero-order chi connectivity index (χ0) is 15.0. The fourth-order valence-electron chi connectivity index (χ4n) is 3.80. The highest BCUT2D eigenvalue weighted by Crippen LogP contribution is 2.41. The van der Waals surface area contributed by atoms with Crippen LogP contribution in [0.1, 0.15) is 18.9 Å². The molecule has 0 saturated carbocycles. The summed E-state index contributed by atoms with van der Waals surface area (Å²) in [6.45, 7) is 4.96. The molecule has 0 radical (unpaired) electrons. The molecule has 21 heavy (non-hydrogen) atoms. The predicted octanol–water partition coefficient (Wildman–Crippen LogP) is 1.90. The summed E-state index contributed by atoms with van der Waals surface area (Å²) < 4.78 is 0. The molecule has 1 aromatic carbocycles. The average molecular weight is 286 g/mol. The number of hydrogen-bond acceptors (Lipinski definition) is 5. The molecule has 110 valence electrons. The second-order valence-corrected chi connectivity index (χ2v) is 5.78. The van der Waals surface area contributed by atoms with Crippen molar-refractivity contribution in [1.29, 1.82) is 5.26 Å². The second-order valence-electron chi connectivity index (χ2n) is 5.78. The van der Waals surface area contributed by atoms with Gasteiger partial charge in [-0.2, -0.15) is 5.26 Å². The molecule has 1 aromatic rings. The molecule has 0 spiro atoms. The van der Waals surface area contributed by atoms with Gasteiger partial charge in [0.15, 0.2) is 0 Å². The van der Waals surface area contributed by atoms with Crippen molar-refractivity contribution in [1.82, 2.24) is 5.32 Å². The molecule has 3 rings (SSSR count). The lowest BCUT2D eigenvalue weighted by Crippen LogP contribution is -2.35. The number of benzene rings is 1. The molecular weight excluding hydrogens is 268 g/mol. The first-order chi connectivity index (χ1) is 10.2. The van der Waals surface area contributed by atoms with Gasteiger partial charge in [0.2, 0.25) is 0 Å². The Bertz CT molecular complexity index is 610. The van der Waals surface area contributed by atoms with E-state index in [4.69, 9.17) is 5.26 Å². The summed E-state index contributed by atoms with van der Waals surface area (Å²) in [4.78, 5) is 13.1. The third-order valence-corrected chi connectivity index (χ3v) is 4.75. The van der Waals surface area contributed by atoms with Crippen molar-refractivity contribution in [2.24, 2.45) is 11.8 Å². The van der Waals surface area contributed by atoms with Crippen molar-refractivity contribution in [2.75, 3.05) is 24.5 Å². The number of nitro groups is 1. The van der Waals surface area contributed by atoms with Crippen molar-refractivity contribution < 1.29 is 4.92 Å². The van der Waals surface area contributed by atoms with Gasteiger partial charge in [-0.3, -0.25) is 10.1 Å². The number of nitrogens with one attached hydrogen (secondary N) is 1. The molecule has 2 aliphatic rings. The third-order valence-electron chi connectivity index (χ3n) is 4.75. The zero-order valence-corrected chi connectivity index (χ0v) is 12.0. The molecule has 6 heteroatoms. The highest BCUT2D eigenvalue weighted by molar-refractivity contribution is 5.67. The monoisotopic (exact) mass is 286 g/mol. The topological polar surface area (TPSA) is 82.2 Å². The molecule has 0 bridgehead atoms.